The molecule has 0 spiro atoms. The number of hydrogen-bond acceptors (Lipinski definition) is 3. The van der Waals surface area contributed by atoms with Gasteiger partial charge in [0.2, 0.25) is 0 Å². The smallest absolute Gasteiger partial charge is 0.156 e. The summed E-state index contributed by atoms with van der Waals surface area (Å²) in [5, 5.41) is 2.24. The fourth-order valence-electron chi connectivity index (χ4n) is 6.58. The molecule has 0 saturated carbocycles. The Morgan fingerprint density at radius 1 is 0.674 bits per heavy atom. The lowest BCUT2D eigenvalue weighted by Crippen LogP contribution is -2.09. The van der Waals surface area contributed by atoms with Gasteiger partial charge < -0.3 is 4.42 Å². The standard InChI is InChI=1S/C39H37N3O/c1-22(2)30-20-28(27-13-9-8-10-14-27)21-31(23(3)4)36(30)42-34-16-12-11-15-33(34)41-39(42)29-18-17-24(5)35-32-19-25(6)40-26(7)37(32)43-38(29)35/h8-23H,1-7H3. The molecule has 0 bridgehead atoms. The van der Waals surface area contributed by atoms with Crippen LogP contribution in [0.15, 0.2) is 89.3 Å². The summed E-state index contributed by atoms with van der Waals surface area (Å²) in [4.78, 5) is 10.0. The van der Waals surface area contributed by atoms with Crippen LogP contribution in [-0.2, 0) is 0 Å². The van der Waals surface area contributed by atoms with Crippen molar-refractivity contribution in [3.05, 3.63) is 113 Å². The van der Waals surface area contributed by atoms with Gasteiger partial charge in [-0.05, 0) is 96.8 Å². The first-order valence-corrected chi connectivity index (χ1v) is 15.2. The number of pyridine rings is 1. The first-order valence-electron chi connectivity index (χ1n) is 15.2. The summed E-state index contributed by atoms with van der Waals surface area (Å²) in [6.45, 7) is 15.4. The molecule has 0 amide bonds. The predicted octanol–water partition coefficient (Wildman–Crippen LogP) is 10.8. The second-order valence-electron chi connectivity index (χ2n) is 12.4. The Bertz CT molecular complexity index is 2130. The van der Waals surface area contributed by atoms with Crippen LogP contribution < -0.4 is 0 Å². The molecule has 0 aliphatic carbocycles. The molecule has 43 heavy (non-hydrogen) atoms. The molecule has 7 rings (SSSR count). The Balaban J connectivity index is 1.61. The average Bonchev–Trinajstić information content (AvgIpc) is 3.57. The van der Waals surface area contributed by atoms with Gasteiger partial charge in [0.15, 0.2) is 5.58 Å². The van der Waals surface area contributed by atoms with Crippen molar-refractivity contribution in [1.29, 1.82) is 0 Å². The Kier molecular flexibility index (Phi) is 6.46. The van der Waals surface area contributed by atoms with Crippen molar-refractivity contribution in [2.75, 3.05) is 0 Å². The number of fused-ring (bicyclic) bond motifs is 4. The highest BCUT2D eigenvalue weighted by molar-refractivity contribution is 6.11. The van der Waals surface area contributed by atoms with E-state index in [-0.39, 0.29) is 0 Å². The molecule has 0 aliphatic rings. The van der Waals surface area contributed by atoms with Crippen LogP contribution in [0.1, 0.15) is 67.6 Å². The number of benzene rings is 4. The van der Waals surface area contributed by atoms with Gasteiger partial charge >= 0.3 is 0 Å². The van der Waals surface area contributed by atoms with E-state index in [1.807, 2.05) is 13.8 Å². The molecule has 0 aliphatic heterocycles. The summed E-state index contributed by atoms with van der Waals surface area (Å²) in [6, 6.07) is 30.5. The van der Waals surface area contributed by atoms with E-state index in [4.69, 9.17) is 14.4 Å². The molecule has 4 aromatic carbocycles. The number of para-hydroxylation sites is 2. The zero-order valence-electron chi connectivity index (χ0n) is 26.0. The molecule has 0 fully saturated rings. The van der Waals surface area contributed by atoms with E-state index in [0.29, 0.717) is 11.8 Å². The molecule has 0 N–H and O–H groups in total. The summed E-state index contributed by atoms with van der Waals surface area (Å²) < 4.78 is 9.10. The fraction of sp³-hybridized carbons (Fsp3) is 0.231. The van der Waals surface area contributed by atoms with Crippen molar-refractivity contribution >= 4 is 33.0 Å². The van der Waals surface area contributed by atoms with Gasteiger partial charge in [-0.25, -0.2) is 4.98 Å². The Hall–Kier alpha value is -4.70. The van der Waals surface area contributed by atoms with Crippen LogP contribution in [0.2, 0.25) is 0 Å². The summed E-state index contributed by atoms with van der Waals surface area (Å²) in [7, 11) is 0. The molecule has 0 unspecified atom stereocenters. The number of aromatic nitrogens is 3. The highest BCUT2D eigenvalue weighted by Crippen LogP contribution is 2.43. The summed E-state index contributed by atoms with van der Waals surface area (Å²) >= 11 is 0. The van der Waals surface area contributed by atoms with Crippen molar-refractivity contribution in [3.8, 4) is 28.2 Å². The van der Waals surface area contributed by atoms with Gasteiger partial charge in [0.1, 0.15) is 11.4 Å². The van der Waals surface area contributed by atoms with E-state index < -0.39 is 0 Å². The minimum atomic E-state index is 0.297. The zero-order valence-corrected chi connectivity index (χ0v) is 26.0. The van der Waals surface area contributed by atoms with Crippen LogP contribution in [0, 0.1) is 20.8 Å². The maximum Gasteiger partial charge on any atom is 0.156 e. The topological polar surface area (TPSA) is 43.9 Å². The van der Waals surface area contributed by atoms with Crippen molar-refractivity contribution < 1.29 is 4.42 Å². The van der Waals surface area contributed by atoms with Crippen molar-refractivity contribution in [2.24, 2.45) is 0 Å². The molecule has 0 radical (unpaired) electrons. The minimum Gasteiger partial charge on any atom is -0.453 e. The first kappa shape index (κ1) is 27.2. The zero-order chi connectivity index (χ0) is 30.0. The van der Waals surface area contributed by atoms with Crippen molar-refractivity contribution in [3.63, 3.8) is 0 Å². The minimum absolute atomic E-state index is 0.297. The maximum absolute atomic E-state index is 6.71. The van der Waals surface area contributed by atoms with Gasteiger partial charge in [-0.1, -0.05) is 76.2 Å². The lowest BCUT2D eigenvalue weighted by atomic mass is 9.88. The van der Waals surface area contributed by atoms with Crippen LogP contribution in [0.3, 0.4) is 0 Å². The quantitative estimate of drug-likeness (QED) is 0.209. The molecule has 3 aromatic heterocycles. The molecule has 0 atom stereocenters. The monoisotopic (exact) mass is 563 g/mol. The molecular weight excluding hydrogens is 526 g/mol. The van der Waals surface area contributed by atoms with Crippen LogP contribution in [0.25, 0.3) is 61.2 Å². The number of aryl methyl sites for hydroxylation is 3. The molecule has 0 saturated heterocycles. The lowest BCUT2D eigenvalue weighted by Gasteiger charge is -2.24. The van der Waals surface area contributed by atoms with E-state index in [0.717, 1.165) is 55.7 Å². The predicted molar refractivity (Wildman–Crippen MR) is 179 cm³/mol. The van der Waals surface area contributed by atoms with E-state index in [1.165, 1.54) is 33.5 Å². The summed E-state index contributed by atoms with van der Waals surface area (Å²) in [6.07, 6.45) is 0. The second kappa shape index (κ2) is 10.2. The van der Waals surface area contributed by atoms with Crippen molar-refractivity contribution in [2.45, 2.75) is 60.3 Å². The SMILES string of the molecule is Cc1cc2c(oc3c(-c4nc5ccccc5n4-c4c(C(C)C)cc(-c5ccccc5)cc4C(C)C)ccc(C)c32)c(C)n1. The molecule has 214 valence electrons. The van der Waals surface area contributed by atoms with E-state index in [2.05, 4.69) is 124 Å². The maximum atomic E-state index is 6.71. The van der Waals surface area contributed by atoms with Gasteiger partial charge in [-0.3, -0.25) is 9.55 Å². The highest BCUT2D eigenvalue weighted by atomic mass is 16.3. The number of furan rings is 1. The van der Waals surface area contributed by atoms with Crippen molar-refractivity contribution in [1.82, 2.24) is 14.5 Å². The average molecular weight is 564 g/mol. The third-order valence-electron chi connectivity index (χ3n) is 8.66. The molecule has 7 aromatic rings. The number of hydrogen-bond donors (Lipinski definition) is 0. The molecule has 4 heteroatoms. The number of nitrogens with zero attached hydrogens (tertiary/aromatic N) is 3. The second-order valence-corrected chi connectivity index (χ2v) is 12.4. The van der Waals surface area contributed by atoms with Crippen LogP contribution in [0.4, 0.5) is 0 Å². The van der Waals surface area contributed by atoms with Crippen LogP contribution in [-0.4, -0.2) is 14.5 Å². The largest absolute Gasteiger partial charge is 0.453 e. The molecular formula is C39H37N3O. The van der Waals surface area contributed by atoms with E-state index >= 15 is 0 Å². The number of rotatable bonds is 5. The van der Waals surface area contributed by atoms with Gasteiger partial charge in [0.25, 0.3) is 0 Å². The van der Waals surface area contributed by atoms with Crippen LogP contribution >= 0.6 is 0 Å². The Labute approximate surface area is 253 Å². The lowest BCUT2D eigenvalue weighted by molar-refractivity contribution is 0.662. The normalized spacial score (nSPS) is 12.0. The van der Waals surface area contributed by atoms with Gasteiger partial charge in [-0.15, -0.1) is 0 Å². The molecule has 4 nitrogen and oxygen atoms in total. The van der Waals surface area contributed by atoms with E-state index in [1.54, 1.807) is 0 Å². The number of imidazole rings is 1. The first-order chi connectivity index (χ1) is 20.7. The Morgan fingerprint density at radius 2 is 1.35 bits per heavy atom. The summed E-state index contributed by atoms with van der Waals surface area (Å²) in [5.74, 6) is 1.49. The Morgan fingerprint density at radius 3 is 2.05 bits per heavy atom. The third kappa shape index (κ3) is 4.36. The van der Waals surface area contributed by atoms with Gasteiger partial charge in [0.05, 0.1) is 28.0 Å². The third-order valence-corrected chi connectivity index (χ3v) is 8.66. The van der Waals surface area contributed by atoms with Crippen LogP contribution in [0.5, 0.6) is 0 Å². The van der Waals surface area contributed by atoms with E-state index in [9.17, 15) is 0 Å². The van der Waals surface area contributed by atoms with Gasteiger partial charge in [0, 0.05) is 16.5 Å². The fourth-order valence-corrected chi connectivity index (χ4v) is 6.58. The highest BCUT2D eigenvalue weighted by Gasteiger charge is 2.26. The van der Waals surface area contributed by atoms with Gasteiger partial charge in [-0.2, -0.15) is 0 Å². The summed E-state index contributed by atoms with van der Waals surface area (Å²) in [5.41, 5.74) is 14.1. The molecule has 3 heterocycles.